The summed E-state index contributed by atoms with van der Waals surface area (Å²) in [5, 5.41) is 0. The van der Waals surface area contributed by atoms with Gasteiger partial charge in [-0.2, -0.15) is 13.2 Å². The lowest BCUT2D eigenvalue weighted by Gasteiger charge is -2.07. The molecule has 0 saturated heterocycles. The van der Waals surface area contributed by atoms with Gasteiger partial charge in [0.1, 0.15) is 4.60 Å². The molecule has 1 aromatic heterocycles. The van der Waals surface area contributed by atoms with Crippen molar-refractivity contribution in [1.29, 1.82) is 0 Å². The van der Waals surface area contributed by atoms with Gasteiger partial charge in [0.15, 0.2) is 5.82 Å². The van der Waals surface area contributed by atoms with E-state index < -0.39 is 11.7 Å². The van der Waals surface area contributed by atoms with Crippen LogP contribution in [0.3, 0.4) is 0 Å². The Morgan fingerprint density at radius 3 is 2.53 bits per heavy atom. The van der Waals surface area contributed by atoms with Crippen LogP contribution in [-0.4, -0.2) is 9.97 Å². The molecule has 0 unspecified atom stereocenters. The minimum atomic E-state index is -4.36. The van der Waals surface area contributed by atoms with Gasteiger partial charge in [0.05, 0.1) is 5.56 Å². The van der Waals surface area contributed by atoms with Gasteiger partial charge < -0.3 is 0 Å². The highest BCUT2D eigenvalue weighted by atomic mass is 79.9. The quantitative estimate of drug-likeness (QED) is 0.746. The summed E-state index contributed by atoms with van der Waals surface area (Å²) in [4.78, 5) is 7.93. The van der Waals surface area contributed by atoms with Crippen LogP contribution in [0.4, 0.5) is 13.2 Å². The van der Waals surface area contributed by atoms with Crippen molar-refractivity contribution in [2.75, 3.05) is 0 Å². The van der Waals surface area contributed by atoms with E-state index in [0.29, 0.717) is 10.2 Å². The van der Waals surface area contributed by atoms with Crippen LogP contribution < -0.4 is 0 Å². The Bertz CT molecular complexity index is 540. The van der Waals surface area contributed by atoms with Crippen molar-refractivity contribution in [2.45, 2.75) is 6.18 Å². The molecule has 0 aliphatic carbocycles. The number of hydrogen-bond acceptors (Lipinski definition) is 2. The van der Waals surface area contributed by atoms with Crippen LogP contribution >= 0.6 is 15.9 Å². The van der Waals surface area contributed by atoms with E-state index in [9.17, 15) is 13.2 Å². The van der Waals surface area contributed by atoms with Crippen molar-refractivity contribution in [2.24, 2.45) is 0 Å². The van der Waals surface area contributed by atoms with E-state index in [2.05, 4.69) is 25.9 Å². The molecule has 2 aromatic rings. The van der Waals surface area contributed by atoms with E-state index in [1.54, 1.807) is 6.07 Å². The summed E-state index contributed by atoms with van der Waals surface area (Å²) in [7, 11) is 0. The molecular weight excluding hydrogens is 297 g/mol. The molecule has 0 aliphatic rings. The molecule has 0 radical (unpaired) electrons. The number of rotatable bonds is 1. The molecule has 0 N–H and O–H groups in total. The summed E-state index contributed by atoms with van der Waals surface area (Å²) in [5.74, 6) is 0.255. The van der Waals surface area contributed by atoms with Gasteiger partial charge in [0.25, 0.3) is 0 Å². The second-order valence-electron chi connectivity index (χ2n) is 3.28. The average Bonchev–Trinajstić information content (AvgIpc) is 2.28. The molecule has 0 fully saturated rings. The summed E-state index contributed by atoms with van der Waals surface area (Å²) in [5.41, 5.74) is -0.375. The number of alkyl halides is 3. The van der Waals surface area contributed by atoms with Crippen LogP contribution in [-0.2, 0) is 6.18 Å². The van der Waals surface area contributed by atoms with Crippen molar-refractivity contribution in [3.63, 3.8) is 0 Å². The summed E-state index contributed by atoms with van der Waals surface area (Å²) in [6.07, 6.45) is -2.88. The third-order valence-electron chi connectivity index (χ3n) is 2.07. The van der Waals surface area contributed by atoms with Crippen molar-refractivity contribution < 1.29 is 13.2 Å². The zero-order chi connectivity index (χ0) is 12.5. The van der Waals surface area contributed by atoms with Crippen molar-refractivity contribution >= 4 is 15.9 Å². The van der Waals surface area contributed by atoms with E-state index in [-0.39, 0.29) is 5.82 Å². The first kappa shape index (κ1) is 12.0. The molecule has 0 spiro atoms. The summed E-state index contributed by atoms with van der Waals surface area (Å²) in [6, 6.07) is 6.53. The van der Waals surface area contributed by atoms with Crippen molar-refractivity contribution in [1.82, 2.24) is 9.97 Å². The predicted molar refractivity (Wildman–Crippen MR) is 60.2 cm³/mol. The van der Waals surface area contributed by atoms with Crippen LogP contribution in [0.1, 0.15) is 5.56 Å². The third kappa shape index (κ3) is 2.82. The Hall–Kier alpha value is -1.43. The van der Waals surface area contributed by atoms with Gasteiger partial charge in [-0.1, -0.05) is 12.1 Å². The van der Waals surface area contributed by atoms with Gasteiger partial charge >= 0.3 is 6.18 Å². The molecule has 0 saturated carbocycles. The van der Waals surface area contributed by atoms with Crippen molar-refractivity contribution in [3.05, 3.63) is 46.7 Å². The highest BCUT2D eigenvalue weighted by molar-refractivity contribution is 9.10. The molecule has 0 bridgehead atoms. The fraction of sp³-hybridized carbons (Fsp3) is 0.0909. The van der Waals surface area contributed by atoms with Crippen LogP contribution in [0, 0.1) is 0 Å². The van der Waals surface area contributed by atoms with Gasteiger partial charge in [-0.3, -0.25) is 0 Å². The molecule has 17 heavy (non-hydrogen) atoms. The molecule has 1 aromatic carbocycles. The first-order valence-electron chi connectivity index (χ1n) is 4.63. The minimum absolute atomic E-state index is 0.255. The highest BCUT2D eigenvalue weighted by Gasteiger charge is 2.30. The molecule has 2 nitrogen and oxygen atoms in total. The molecule has 2 rings (SSSR count). The first-order valence-corrected chi connectivity index (χ1v) is 5.42. The van der Waals surface area contributed by atoms with Gasteiger partial charge in [-0.25, -0.2) is 9.97 Å². The average molecular weight is 303 g/mol. The smallest absolute Gasteiger partial charge is 0.237 e. The Labute approximate surface area is 104 Å². The molecule has 0 atom stereocenters. The molecule has 0 aliphatic heterocycles. The third-order valence-corrected chi connectivity index (χ3v) is 2.51. The van der Waals surface area contributed by atoms with E-state index in [1.165, 1.54) is 18.3 Å². The predicted octanol–water partition coefficient (Wildman–Crippen LogP) is 3.92. The zero-order valence-corrected chi connectivity index (χ0v) is 9.96. The monoisotopic (exact) mass is 302 g/mol. The highest BCUT2D eigenvalue weighted by Crippen LogP contribution is 2.31. The van der Waals surface area contributed by atoms with E-state index in [0.717, 1.165) is 12.1 Å². The van der Waals surface area contributed by atoms with Gasteiger partial charge in [-0.05, 0) is 34.1 Å². The zero-order valence-electron chi connectivity index (χ0n) is 8.37. The van der Waals surface area contributed by atoms with E-state index in [1.807, 2.05) is 0 Å². The molecule has 0 amide bonds. The Kier molecular flexibility index (Phi) is 3.15. The van der Waals surface area contributed by atoms with Crippen LogP contribution in [0.5, 0.6) is 0 Å². The van der Waals surface area contributed by atoms with E-state index >= 15 is 0 Å². The Balaban J connectivity index is 2.47. The lowest BCUT2D eigenvalue weighted by atomic mass is 10.1. The van der Waals surface area contributed by atoms with Crippen molar-refractivity contribution in [3.8, 4) is 11.4 Å². The number of hydrogen-bond donors (Lipinski definition) is 0. The molecular formula is C11H6BrF3N2. The largest absolute Gasteiger partial charge is 0.416 e. The number of halogens is 4. The summed E-state index contributed by atoms with van der Waals surface area (Å²) >= 11 is 3.14. The fourth-order valence-corrected chi connectivity index (χ4v) is 1.60. The lowest BCUT2D eigenvalue weighted by Crippen LogP contribution is -2.04. The maximum Gasteiger partial charge on any atom is 0.416 e. The number of nitrogens with zero attached hydrogens (tertiary/aromatic N) is 2. The van der Waals surface area contributed by atoms with Gasteiger partial charge in [0.2, 0.25) is 0 Å². The molecule has 6 heteroatoms. The topological polar surface area (TPSA) is 25.8 Å². The standard InChI is InChI=1S/C11H6BrF3N2/c12-9-4-5-16-10(17-9)7-2-1-3-8(6-7)11(13,14)15/h1-6H. The maximum atomic E-state index is 12.5. The van der Waals surface area contributed by atoms with Gasteiger partial charge in [-0.15, -0.1) is 0 Å². The second-order valence-corrected chi connectivity index (χ2v) is 4.09. The summed E-state index contributed by atoms with van der Waals surface area (Å²) < 4.78 is 38.1. The second kappa shape index (κ2) is 4.44. The minimum Gasteiger partial charge on any atom is -0.237 e. The number of benzene rings is 1. The molecule has 1 heterocycles. The summed E-state index contributed by atoms with van der Waals surface area (Å²) in [6.45, 7) is 0. The first-order chi connectivity index (χ1) is 7.97. The number of aromatic nitrogens is 2. The Morgan fingerprint density at radius 2 is 1.88 bits per heavy atom. The van der Waals surface area contributed by atoms with Crippen LogP contribution in [0.15, 0.2) is 41.1 Å². The van der Waals surface area contributed by atoms with Crippen LogP contribution in [0.25, 0.3) is 11.4 Å². The SMILES string of the molecule is FC(F)(F)c1cccc(-c2nccc(Br)n2)c1. The Morgan fingerprint density at radius 1 is 1.12 bits per heavy atom. The lowest BCUT2D eigenvalue weighted by molar-refractivity contribution is -0.137. The normalized spacial score (nSPS) is 11.5. The van der Waals surface area contributed by atoms with Gasteiger partial charge in [0, 0.05) is 11.8 Å². The fourth-order valence-electron chi connectivity index (χ4n) is 1.31. The maximum absolute atomic E-state index is 12.5. The van der Waals surface area contributed by atoms with E-state index in [4.69, 9.17) is 0 Å². The molecule has 88 valence electrons. The van der Waals surface area contributed by atoms with Crippen LogP contribution in [0.2, 0.25) is 0 Å².